The van der Waals surface area contributed by atoms with Crippen molar-refractivity contribution in [1.29, 1.82) is 0 Å². The van der Waals surface area contributed by atoms with Crippen LogP contribution in [0.1, 0.15) is 19.4 Å². The van der Waals surface area contributed by atoms with E-state index in [-0.39, 0.29) is 5.91 Å². The molecule has 1 saturated heterocycles. The standard InChI is InChI=1S/C24H28N2O4/c1-3-29-22-12-8-7-9-20(22)13-14-23(27)30-19(2)24(28)26-17-15-25(16-18-26)21-10-5-4-6-11-21/h4-14,19H,3,15-18H2,1-2H3/b14-13+. The molecule has 0 radical (unpaired) electrons. The molecule has 1 unspecified atom stereocenters. The number of carbonyl (C=O) groups excluding carboxylic acids is 2. The highest BCUT2D eigenvalue weighted by atomic mass is 16.5. The molecule has 1 aliphatic heterocycles. The number of amides is 1. The van der Waals surface area contributed by atoms with E-state index < -0.39 is 12.1 Å². The fourth-order valence-electron chi connectivity index (χ4n) is 3.41. The number of esters is 1. The first-order chi connectivity index (χ1) is 14.6. The summed E-state index contributed by atoms with van der Waals surface area (Å²) in [7, 11) is 0. The summed E-state index contributed by atoms with van der Waals surface area (Å²) in [6.07, 6.45) is 2.14. The predicted molar refractivity (Wildman–Crippen MR) is 117 cm³/mol. The molecule has 1 fully saturated rings. The first kappa shape index (κ1) is 21.4. The molecule has 1 aliphatic rings. The normalized spacial score (nSPS) is 15.1. The van der Waals surface area contributed by atoms with Gasteiger partial charge in [0.2, 0.25) is 0 Å². The Balaban J connectivity index is 1.50. The molecule has 0 aromatic heterocycles. The predicted octanol–water partition coefficient (Wildman–Crippen LogP) is 3.38. The molecule has 158 valence electrons. The third-order valence-electron chi connectivity index (χ3n) is 4.97. The monoisotopic (exact) mass is 408 g/mol. The van der Waals surface area contributed by atoms with Gasteiger partial charge in [-0.3, -0.25) is 4.79 Å². The van der Waals surface area contributed by atoms with E-state index >= 15 is 0 Å². The molecule has 30 heavy (non-hydrogen) atoms. The highest BCUT2D eigenvalue weighted by molar-refractivity contribution is 5.90. The van der Waals surface area contributed by atoms with E-state index in [0.717, 1.165) is 24.3 Å². The minimum absolute atomic E-state index is 0.167. The van der Waals surface area contributed by atoms with Gasteiger partial charge in [-0.25, -0.2) is 4.79 Å². The molecule has 2 aromatic carbocycles. The van der Waals surface area contributed by atoms with Crippen LogP contribution >= 0.6 is 0 Å². The molecule has 3 rings (SSSR count). The van der Waals surface area contributed by atoms with Crippen molar-refractivity contribution in [2.75, 3.05) is 37.7 Å². The minimum atomic E-state index is -0.826. The third kappa shape index (κ3) is 5.63. The number of rotatable bonds is 7. The Bertz CT molecular complexity index is 874. The van der Waals surface area contributed by atoms with Gasteiger partial charge in [-0.05, 0) is 38.1 Å². The van der Waals surface area contributed by atoms with E-state index in [0.29, 0.717) is 25.4 Å². The largest absolute Gasteiger partial charge is 0.493 e. The summed E-state index contributed by atoms with van der Waals surface area (Å²) < 4.78 is 10.9. The van der Waals surface area contributed by atoms with Crippen molar-refractivity contribution >= 4 is 23.6 Å². The zero-order valence-corrected chi connectivity index (χ0v) is 17.5. The first-order valence-corrected chi connectivity index (χ1v) is 10.3. The summed E-state index contributed by atoms with van der Waals surface area (Å²) in [4.78, 5) is 28.9. The van der Waals surface area contributed by atoms with Crippen molar-refractivity contribution in [3.63, 3.8) is 0 Å². The number of carbonyl (C=O) groups is 2. The SMILES string of the molecule is CCOc1ccccc1/C=C/C(=O)OC(C)C(=O)N1CCN(c2ccccc2)CC1. The molecule has 0 N–H and O–H groups in total. The van der Waals surface area contributed by atoms with Crippen LogP contribution in [0.3, 0.4) is 0 Å². The van der Waals surface area contributed by atoms with Crippen LogP contribution in [0.2, 0.25) is 0 Å². The van der Waals surface area contributed by atoms with E-state index in [1.807, 2.05) is 49.4 Å². The van der Waals surface area contributed by atoms with Gasteiger partial charge in [0.05, 0.1) is 6.61 Å². The maximum Gasteiger partial charge on any atom is 0.331 e. The average Bonchev–Trinajstić information content (AvgIpc) is 2.79. The van der Waals surface area contributed by atoms with Crippen LogP contribution < -0.4 is 9.64 Å². The van der Waals surface area contributed by atoms with Gasteiger partial charge in [0.1, 0.15) is 5.75 Å². The van der Waals surface area contributed by atoms with Gasteiger partial charge in [0, 0.05) is 43.5 Å². The maximum atomic E-state index is 12.7. The molecule has 1 atom stereocenters. The highest BCUT2D eigenvalue weighted by Gasteiger charge is 2.26. The number of nitrogens with zero attached hydrogens (tertiary/aromatic N) is 2. The average molecular weight is 408 g/mol. The Labute approximate surface area is 177 Å². The number of hydrogen-bond donors (Lipinski definition) is 0. The van der Waals surface area contributed by atoms with E-state index in [1.54, 1.807) is 17.9 Å². The van der Waals surface area contributed by atoms with E-state index in [9.17, 15) is 9.59 Å². The maximum absolute atomic E-state index is 12.7. The van der Waals surface area contributed by atoms with Gasteiger partial charge in [-0.15, -0.1) is 0 Å². The Morgan fingerprint density at radius 1 is 1.00 bits per heavy atom. The summed E-state index contributed by atoms with van der Waals surface area (Å²) >= 11 is 0. The summed E-state index contributed by atoms with van der Waals surface area (Å²) in [5.41, 5.74) is 1.94. The molecule has 1 heterocycles. The molecule has 2 aromatic rings. The Hall–Kier alpha value is -3.28. The van der Waals surface area contributed by atoms with Crippen molar-refractivity contribution in [2.45, 2.75) is 20.0 Å². The van der Waals surface area contributed by atoms with Gasteiger partial charge in [-0.2, -0.15) is 0 Å². The minimum Gasteiger partial charge on any atom is -0.493 e. The molecular weight excluding hydrogens is 380 g/mol. The lowest BCUT2D eigenvalue weighted by Gasteiger charge is -2.36. The van der Waals surface area contributed by atoms with E-state index in [4.69, 9.17) is 9.47 Å². The topological polar surface area (TPSA) is 59.1 Å². The molecule has 0 bridgehead atoms. The zero-order valence-electron chi connectivity index (χ0n) is 17.5. The van der Waals surface area contributed by atoms with Crippen LogP contribution in [0.5, 0.6) is 5.75 Å². The number of hydrogen-bond acceptors (Lipinski definition) is 5. The second-order valence-electron chi connectivity index (χ2n) is 7.03. The molecular formula is C24H28N2O4. The van der Waals surface area contributed by atoms with Gasteiger partial charge in [0.25, 0.3) is 5.91 Å². The van der Waals surface area contributed by atoms with Crippen LogP contribution in [-0.4, -0.2) is 55.7 Å². The van der Waals surface area contributed by atoms with Crippen LogP contribution in [-0.2, 0) is 14.3 Å². The lowest BCUT2D eigenvalue weighted by molar-refractivity contribution is -0.155. The number of ether oxygens (including phenoxy) is 2. The highest BCUT2D eigenvalue weighted by Crippen LogP contribution is 2.20. The lowest BCUT2D eigenvalue weighted by Crippen LogP contribution is -2.51. The van der Waals surface area contributed by atoms with Gasteiger partial charge in [0.15, 0.2) is 6.10 Å². The number of piperazine rings is 1. The second kappa shape index (κ2) is 10.5. The lowest BCUT2D eigenvalue weighted by atomic mass is 10.2. The molecule has 0 aliphatic carbocycles. The van der Waals surface area contributed by atoms with Crippen LogP contribution in [0, 0.1) is 0 Å². The summed E-state index contributed by atoms with van der Waals surface area (Å²) in [5, 5.41) is 0. The molecule has 6 nitrogen and oxygen atoms in total. The zero-order chi connectivity index (χ0) is 21.3. The smallest absolute Gasteiger partial charge is 0.331 e. The van der Waals surface area contributed by atoms with Crippen molar-refractivity contribution in [1.82, 2.24) is 4.90 Å². The second-order valence-corrected chi connectivity index (χ2v) is 7.03. The van der Waals surface area contributed by atoms with Crippen LogP contribution in [0.25, 0.3) is 6.08 Å². The van der Waals surface area contributed by atoms with Gasteiger partial charge >= 0.3 is 5.97 Å². The van der Waals surface area contributed by atoms with Crippen LogP contribution in [0.15, 0.2) is 60.7 Å². The number of para-hydroxylation sites is 2. The number of benzene rings is 2. The van der Waals surface area contributed by atoms with Crippen molar-refractivity contribution in [2.24, 2.45) is 0 Å². The van der Waals surface area contributed by atoms with Crippen LogP contribution in [0.4, 0.5) is 5.69 Å². The molecule has 1 amide bonds. The Morgan fingerprint density at radius 2 is 1.67 bits per heavy atom. The van der Waals surface area contributed by atoms with Gasteiger partial charge in [-0.1, -0.05) is 36.4 Å². The van der Waals surface area contributed by atoms with E-state index in [2.05, 4.69) is 17.0 Å². The van der Waals surface area contributed by atoms with Gasteiger partial charge < -0.3 is 19.3 Å². The number of anilines is 1. The fraction of sp³-hybridized carbons (Fsp3) is 0.333. The van der Waals surface area contributed by atoms with Crippen molar-refractivity contribution < 1.29 is 19.1 Å². The van der Waals surface area contributed by atoms with Crippen molar-refractivity contribution in [3.8, 4) is 5.75 Å². The Morgan fingerprint density at radius 3 is 2.37 bits per heavy atom. The summed E-state index contributed by atoms with van der Waals surface area (Å²) in [5.74, 6) is -0.0197. The molecule has 0 spiro atoms. The first-order valence-electron chi connectivity index (χ1n) is 10.3. The quantitative estimate of drug-likeness (QED) is 0.519. The van der Waals surface area contributed by atoms with E-state index in [1.165, 1.54) is 6.08 Å². The van der Waals surface area contributed by atoms with Crippen molar-refractivity contribution in [3.05, 3.63) is 66.2 Å². The molecule has 0 saturated carbocycles. The third-order valence-corrected chi connectivity index (χ3v) is 4.97. The molecule has 6 heteroatoms. The fourth-order valence-corrected chi connectivity index (χ4v) is 3.41. The summed E-state index contributed by atoms with van der Waals surface area (Å²) in [6, 6.07) is 17.6. The summed E-state index contributed by atoms with van der Waals surface area (Å²) in [6.45, 7) is 6.78. The Kier molecular flexibility index (Phi) is 7.49.